The molecule has 0 radical (unpaired) electrons. The largest absolute Gasteiger partial charge is 0.490 e. The van der Waals surface area contributed by atoms with Gasteiger partial charge in [0.25, 0.3) is 0 Å². The van der Waals surface area contributed by atoms with Gasteiger partial charge in [-0.05, 0) is 49.9 Å². The van der Waals surface area contributed by atoms with E-state index in [9.17, 15) is 0 Å². The highest BCUT2D eigenvalue weighted by Gasteiger charge is 2.05. The highest BCUT2D eigenvalue weighted by atomic mass is 16.5. The zero-order chi connectivity index (χ0) is 10.6. The van der Waals surface area contributed by atoms with Crippen LogP contribution in [0.1, 0.15) is 37.8 Å². The van der Waals surface area contributed by atoms with E-state index in [1.54, 1.807) is 0 Å². The van der Waals surface area contributed by atoms with Crippen LogP contribution in [0.4, 0.5) is 0 Å². The van der Waals surface area contributed by atoms with E-state index in [4.69, 9.17) is 4.74 Å². The summed E-state index contributed by atoms with van der Waals surface area (Å²) in [5.41, 5.74) is 2.54. The molecule has 0 aliphatic heterocycles. The van der Waals surface area contributed by atoms with Gasteiger partial charge in [-0.3, -0.25) is 0 Å². The summed E-state index contributed by atoms with van der Waals surface area (Å²) in [6.07, 6.45) is 2.50. The first kappa shape index (κ1) is 11.1. The summed E-state index contributed by atoms with van der Waals surface area (Å²) < 4.78 is 5.87. The first-order chi connectivity index (χ1) is 6.65. The van der Waals surface area contributed by atoms with E-state index in [0.717, 1.165) is 18.6 Å². The van der Waals surface area contributed by atoms with Crippen LogP contribution in [0.3, 0.4) is 0 Å². The highest BCUT2D eigenvalue weighted by Crippen LogP contribution is 2.19. The van der Waals surface area contributed by atoms with E-state index in [2.05, 4.69) is 45.9 Å². The minimum absolute atomic E-state index is 0.358. The van der Waals surface area contributed by atoms with E-state index in [1.807, 2.05) is 0 Å². The van der Waals surface area contributed by atoms with Crippen LogP contribution < -0.4 is 4.74 Å². The number of ether oxygens (including phenoxy) is 1. The molecular weight excluding hydrogens is 172 g/mol. The molecule has 0 saturated heterocycles. The second-order valence-electron chi connectivity index (χ2n) is 3.88. The van der Waals surface area contributed by atoms with Crippen molar-refractivity contribution in [3.05, 3.63) is 29.3 Å². The second kappa shape index (κ2) is 5.04. The van der Waals surface area contributed by atoms with Crippen LogP contribution in [-0.2, 0) is 0 Å². The number of hydrogen-bond acceptors (Lipinski definition) is 1. The molecule has 0 bridgehead atoms. The van der Waals surface area contributed by atoms with Gasteiger partial charge in [0, 0.05) is 0 Å². The first-order valence-electron chi connectivity index (χ1n) is 5.40. The van der Waals surface area contributed by atoms with E-state index < -0.39 is 0 Å². The predicted molar refractivity (Wildman–Crippen MR) is 60.9 cm³/mol. The molecule has 1 heteroatoms. The molecule has 0 aliphatic carbocycles. The molecule has 1 aromatic rings. The monoisotopic (exact) mass is 192 g/mol. The van der Waals surface area contributed by atoms with Gasteiger partial charge in [0.15, 0.2) is 0 Å². The Morgan fingerprint density at radius 3 is 1.93 bits per heavy atom. The van der Waals surface area contributed by atoms with Gasteiger partial charge in [-0.1, -0.05) is 19.9 Å². The third-order valence-corrected chi connectivity index (χ3v) is 2.41. The summed E-state index contributed by atoms with van der Waals surface area (Å²) in [7, 11) is 0. The van der Waals surface area contributed by atoms with Gasteiger partial charge in [-0.25, -0.2) is 0 Å². The third-order valence-electron chi connectivity index (χ3n) is 2.41. The molecule has 1 rings (SSSR count). The smallest absolute Gasteiger partial charge is 0.120 e. The Morgan fingerprint density at radius 1 is 1.00 bits per heavy atom. The number of benzene rings is 1. The zero-order valence-corrected chi connectivity index (χ0v) is 9.63. The molecule has 0 N–H and O–H groups in total. The van der Waals surface area contributed by atoms with Crippen molar-refractivity contribution in [2.75, 3.05) is 0 Å². The predicted octanol–water partition coefficient (Wildman–Crippen LogP) is 3.87. The standard InChI is InChI=1S/C13H20O/c1-5-12(6-2)14-13-8-10(3)7-11(4)9-13/h7-9,12H,5-6H2,1-4H3. The van der Waals surface area contributed by atoms with Crippen LogP contribution in [0.25, 0.3) is 0 Å². The second-order valence-corrected chi connectivity index (χ2v) is 3.88. The normalized spacial score (nSPS) is 10.6. The van der Waals surface area contributed by atoms with Crippen LogP contribution >= 0.6 is 0 Å². The van der Waals surface area contributed by atoms with Crippen LogP contribution in [0.2, 0.25) is 0 Å². The maximum absolute atomic E-state index is 5.87. The molecule has 0 atom stereocenters. The van der Waals surface area contributed by atoms with Gasteiger partial charge < -0.3 is 4.74 Å². The molecule has 0 heterocycles. The average Bonchev–Trinajstić information content (AvgIpc) is 2.12. The van der Waals surface area contributed by atoms with E-state index in [0.29, 0.717) is 6.10 Å². The molecule has 78 valence electrons. The summed E-state index contributed by atoms with van der Waals surface area (Å²) in [6, 6.07) is 6.37. The van der Waals surface area contributed by atoms with Crippen molar-refractivity contribution in [1.29, 1.82) is 0 Å². The van der Waals surface area contributed by atoms with E-state index >= 15 is 0 Å². The topological polar surface area (TPSA) is 9.23 Å². The first-order valence-corrected chi connectivity index (χ1v) is 5.40. The number of hydrogen-bond donors (Lipinski definition) is 0. The molecule has 14 heavy (non-hydrogen) atoms. The minimum atomic E-state index is 0.358. The molecule has 0 aromatic heterocycles. The SMILES string of the molecule is CCC(CC)Oc1cc(C)cc(C)c1. The summed E-state index contributed by atoms with van der Waals surface area (Å²) in [5.74, 6) is 1.01. The Hall–Kier alpha value is -0.980. The summed E-state index contributed by atoms with van der Waals surface area (Å²) in [5, 5.41) is 0. The summed E-state index contributed by atoms with van der Waals surface area (Å²) in [4.78, 5) is 0. The van der Waals surface area contributed by atoms with Crippen LogP contribution in [0.15, 0.2) is 18.2 Å². The Kier molecular flexibility index (Phi) is 3.99. The van der Waals surface area contributed by atoms with Crippen molar-refractivity contribution < 1.29 is 4.74 Å². The van der Waals surface area contributed by atoms with Gasteiger partial charge in [-0.15, -0.1) is 0 Å². The van der Waals surface area contributed by atoms with Gasteiger partial charge in [0.1, 0.15) is 5.75 Å². The summed E-state index contributed by atoms with van der Waals surface area (Å²) in [6.45, 7) is 8.53. The molecule has 0 amide bonds. The molecule has 0 spiro atoms. The lowest BCUT2D eigenvalue weighted by atomic mass is 10.1. The summed E-state index contributed by atoms with van der Waals surface area (Å²) >= 11 is 0. The van der Waals surface area contributed by atoms with Crippen LogP contribution in [0.5, 0.6) is 5.75 Å². The fraction of sp³-hybridized carbons (Fsp3) is 0.538. The lowest BCUT2D eigenvalue weighted by Crippen LogP contribution is -2.13. The molecule has 1 aromatic carbocycles. The zero-order valence-electron chi connectivity index (χ0n) is 9.63. The third kappa shape index (κ3) is 3.06. The highest BCUT2D eigenvalue weighted by molar-refractivity contribution is 5.33. The van der Waals surface area contributed by atoms with Gasteiger partial charge in [-0.2, -0.15) is 0 Å². The van der Waals surface area contributed by atoms with E-state index in [1.165, 1.54) is 11.1 Å². The van der Waals surface area contributed by atoms with Crippen molar-refractivity contribution in [3.63, 3.8) is 0 Å². The molecule has 0 saturated carbocycles. The van der Waals surface area contributed by atoms with Crippen molar-refractivity contribution in [1.82, 2.24) is 0 Å². The van der Waals surface area contributed by atoms with E-state index in [-0.39, 0.29) is 0 Å². The molecular formula is C13H20O. The molecule has 0 unspecified atom stereocenters. The van der Waals surface area contributed by atoms with Gasteiger partial charge in [0.2, 0.25) is 0 Å². The van der Waals surface area contributed by atoms with Crippen molar-refractivity contribution in [3.8, 4) is 5.75 Å². The number of aryl methyl sites for hydroxylation is 2. The molecule has 0 aliphatic rings. The van der Waals surface area contributed by atoms with Gasteiger partial charge >= 0.3 is 0 Å². The lowest BCUT2D eigenvalue weighted by molar-refractivity contribution is 0.192. The van der Waals surface area contributed by atoms with Gasteiger partial charge in [0.05, 0.1) is 6.10 Å². The maximum Gasteiger partial charge on any atom is 0.120 e. The Bertz CT molecular complexity index is 267. The fourth-order valence-electron chi connectivity index (χ4n) is 1.65. The Labute approximate surface area is 87.1 Å². The lowest BCUT2D eigenvalue weighted by Gasteiger charge is -2.16. The Balaban J connectivity index is 2.75. The minimum Gasteiger partial charge on any atom is -0.490 e. The fourth-order valence-corrected chi connectivity index (χ4v) is 1.65. The molecule has 1 nitrogen and oxygen atoms in total. The van der Waals surface area contributed by atoms with Crippen molar-refractivity contribution in [2.45, 2.75) is 46.6 Å². The van der Waals surface area contributed by atoms with Crippen LogP contribution in [0, 0.1) is 13.8 Å². The number of rotatable bonds is 4. The molecule has 0 fully saturated rings. The average molecular weight is 192 g/mol. The van der Waals surface area contributed by atoms with Crippen molar-refractivity contribution in [2.24, 2.45) is 0 Å². The Morgan fingerprint density at radius 2 is 1.50 bits per heavy atom. The quantitative estimate of drug-likeness (QED) is 0.703. The maximum atomic E-state index is 5.87. The van der Waals surface area contributed by atoms with Crippen molar-refractivity contribution >= 4 is 0 Å². The van der Waals surface area contributed by atoms with Crippen LogP contribution in [-0.4, -0.2) is 6.10 Å².